The van der Waals surface area contributed by atoms with Gasteiger partial charge in [-0.3, -0.25) is 10.1 Å². The van der Waals surface area contributed by atoms with Gasteiger partial charge in [-0.25, -0.2) is 9.69 Å². The summed E-state index contributed by atoms with van der Waals surface area (Å²) in [6.45, 7) is 6.19. The number of aromatic amines is 1. The Morgan fingerprint density at radius 2 is 1.92 bits per heavy atom. The predicted octanol–water partition coefficient (Wildman–Crippen LogP) is 4.05. The Morgan fingerprint density at radius 3 is 2.50 bits per heavy atom. The van der Waals surface area contributed by atoms with Crippen LogP contribution in [-0.4, -0.2) is 21.2 Å². The van der Waals surface area contributed by atoms with Crippen molar-refractivity contribution in [2.24, 2.45) is 5.73 Å². The molecule has 0 radical (unpaired) electrons. The number of H-pyrrole nitrogens is 1. The van der Waals surface area contributed by atoms with Crippen LogP contribution in [0.25, 0.3) is 11.1 Å². The minimum absolute atomic E-state index is 0.115. The first kappa shape index (κ1) is 16.2. The summed E-state index contributed by atoms with van der Waals surface area (Å²) in [5.41, 5.74) is 8.41. The minimum Gasteiger partial charge on any atom is -0.351 e. The van der Waals surface area contributed by atoms with E-state index in [2.05, 4.69) is 36.0 Å². The molecule has 7 heteroatoms. The molecule has 0 bridgehead atoms. The van der Waals surface area contributed by atoms with Gasteiger partial charge in [0.2, 0.25) is 0 Å². The number of hydrogen-bond donors (Lipinski definition) is 2. The number of hydrogen-bond acceptors (Lipinski definition) is 4. The van der Waals surface area contributed by atoms with E-state index in [0.29, 0.717) is 5.82 Å². The lowest BCUT2D eigenvalue weighted by molar-refractivity contribution is 0.256. The fourth-order valence-corrected chi connectivity index (χ4v) is 3.23. The molecule has 0 aromatic carbocycles. The number of rotatable bonds is 3. The Hall–Kier alpha value is -2.67. The summed E-state index contributed by atoms with van der Waals surface area (Å²) in [5, 5.41) is 9.94. The minimum atomic E-state index is -0.553. The molecule has 3 N–H and O–H groups in total. The molecule has 0 fully saturated rings. The zero-order valence-corrected chi connectivity index (χ0v) is 14.6. The molecular formula is C17H19N5OS. The SMILES string of the molecule is CC(C)(C)c1cc(N(C(N)=O)c2cc(-c3ccncc3)cs2)[nH]n1. The van der Waals surface area contributed by atoms with E-state index >= 15 is 0 Å². The maximum absolute atomic E-state index is 12.0. The topological polar surface area (TPSA) is 87.9 Å². The maximum atomic E-state index is 12.0. The molecule has 3 aromatic heterocycles. The second-order valence-electron chi connectivity index (χ2n) is 6.47. The second kappa shape index (κ2) is 6.09. The van der Waals surface area contributed by atoms with Crippen molar-refractivity contribution in [3.05, 3.63) is 47.7 Å². The van der Waals surface area contributed by atoms with Crippen LogP contribution in [0.1, 0.15) is 26.5 Å². The average molecular weight is 341 g/mol. The van der Waals surface area contributed by atoms with Crippen LogP contribution in [0.15, 0.2) is 42.0 Å². The van der Waals surface area contributed by atoms with Gasteiger partial charge >= 0.3 is 6.03 Å². The first-order valence-electron chi connectivity index (χ1n) is 7.50. The van der Waals surface area contributed by atoms with Crippen molar-refractivity contribution in [1.29, 1.82) is 0 Å². The Bertz CT molecular complexity index is 847. The highest BCUT2D eigenvalue weighted by Crippen LogP contribution is 2.35. The Morgan fingerprint density at radius 1 is 1.21 bits per heavy atom. The number of carbonyl (C=O) groups is 1. The van der Waals surface area contributed by atoms with Crippen molar-refractivity contribution in [1.82, 2.24) is 15.2 Å². The molecule has 2 amide bonds. The monoisotopic (exact) mass is 341 g/mol. The summed E-state index contributed by atoms with van der Waals surface area (Å²) in [7, 11) is 0. The molecule has 0 aliphatic rings. The molecule has 0 unspecified atom stereocenters. The van der Waals surface area contributed by atoms with Crippen LogP contribution in [0.3, 0.4) is 0 Å². The van der Waals surface area contributed by atoms with Crippen molar-refractivity contribution in [2.75, 3.05) is 4.90 Å². The first-order valence-corrected chi connectivity index (χ1v) is 8.38. The third kappa shape index (κ3) is 3.16. The lowest BCUT2D eigenvalue weighted by Crippen LogP contribution is -2.31. The van der Waals surface area contributed by atoms with Gasteiger partial charge in [-0.1, -0.05) is 20.8 Å². The van der Waals surface area contributed by atoms with Crippen molar-refractivity contribution in [2.45, 2.75) is 26.2 Å². The molecule has 0 saturated carbocycles. The van der Waals surface area contributed by atoms with E-state index in [1.54, 1.807) is 12.4 Å². The van der Waals surface area contributed by atoms with Crippen molar-refractivity contribution < 1.29 is 4.79 Å². The summed E-state index contributed by atoms with van der Waals surface area (Å²) in [6.07, 6.45) is 3.48. The van der Waals surface area contributed by atoms with Gasteiger partial charge in [-0.2, -0.15) is 5.10 Å². The lowest BCUT2D eigenvalue weighted by Gasteiger charge is -2.16. The van der Waals surface area contributed by atoms with E-state index in [1.807, 2.05) is 29.6 Å². The molecule has 0 atom stereocenters. The number of nitrogens with two attached hydrogens (primary N) is 1. The van der Waals surface area contributed by atoms with E-state index in [0.717, 1.165) is 21.8 Å². The summed E-state index contributed by atoms with van der Waals surface area (Å²) in [5.74, 6) is 0.565. The quantitative estimate of drug-likeness (QED) is 0.753. The van der Waals surface area contributed by atoms with E-state index in [9.17, 15) is 4.79 Å². The van der Waals surface area contributed by atoms with Gasteiger partial charge < -0.3 is 5.73 Å². The highest BCUT2D eigenvalue weighted by molar-refractivity contribution is 7.14. The fourth-order valence-electron chi connectivity index (χ4n) is 2.29. The summed E-state index contributed by atoms with van der Waals surface area (Å²) < 4.78 is 0. The van der Waals surface area contributed by atoms with Gasteiger partial charge in [0.15, 0.2) is 0 Å². The van der Waals surface area contributed by atoms with E-state index in [1.165, 1.54) is 16.2 Å². The number of thiophene rings is 1. The van der Waals surface area contributed by atoms with Gasteiger partial charge in [-0.05, 0) is 29.3 Å². The number of primary amides is 1. The molecule has 0 spiro atoms. The number of carbonyl (C=O) groups excluding carboxylic acids is 1. The standard InChI is InChI=1S/C17H19N5OS/c1-17(2,3)13-9-14(21-20-13)22(16(18)23)15-8-12(10-24-15)11-4-6-19-7-5-11/h4-10H,1-3H3,(H2,18,23)(H,20,21). The molecule has 124 valence electrons. The highest BCUT2D eigenvalue weighted by Gasteiger charge is 2.23. The largest absolute Gasteiger partial charge is 0.351 e. The molecule has 24 heavy (non-hydrogen) atoms. The Kier molecular flexibility index (Phi) is 4.11. The van der Waals surface area contributed by atoms with Crippen LogP contribution in [0, 0.1) is 0 Å². The Labute approximate surface area is 144 Å². The smallest absolute Gasteiger partial charge is 0.325 e. The fraction of sp³-hybridized carbons (Fsp3) is 0.235. The molecular weight excluding hydrogens is 322 g/mol. The number of nitrogens with zero attached hydrogens (tertiary/aromatic N) is 3. The summed E-state index contributed by atoms with van der Waals surface area (Å²) >= 11 is 1.45. The van der Waals surface area contributed by atoms with Gasteiger partial charge in [-0.15, -0.1) is 11.3 Å². The molecule has 6 nitrogen and oxygen atoms in total. The number of amides is 2. The first-order chi connectivity index (χ1) is 11.4. The third-order valence-electron chi connectivity index (χ3n) is 3.61. The van der Waals surface area contributed by atoms with Crippen molar-refractivity contribution in [3.63, 3.8) is 0 Å². The molecule has 0 saturated heterocycles. The Balaban J connectivity index is 1.97. The molecule has 3 aromatic rings. The number of aromatic nitrogens is 3. The molecule has 0 aliphatic carbocycles. The third-order valence-corrected chi connectivity index (χ3v) is 4.53. The normalized spacial score (nSPS) is 11.5. The van der Waals surface area contributed by atoms with Gasteiger partial charge in [0.1, 0.15) is 10.8 Å². The van der Waals surface area contributed by atoms with Crippen LogP contribution < -0.4 is 10.6 Å². The predicted molar refractivity (Wildman–Crippen MR) is 96.6 cm³/mol. The summed E-state index contributed by atoms with van der Waals surface area (Å²) in [6, 6.07) is 7.09. The second-order valence-corrected chi connectivity index (χ2v) is 7.36. The zero-order valence-electron chi connectivity index (χ0n) is 13.8. The maximum Gasteiger partial charge on any atom is 0.325 e. The summed E-state index contributed by atoms with van der Waals surface area (Å²) in [4.78, 5) is 17.5. The van der Waals surface area contributed by atoms with Gasteiger partial charge in [0.25, 0.3) is 0 Å². The molecule has 3 rings (SSSR count). The van der Waals surface area contributed by atoms with Crippen molar-refractivity contribution >= 4 is 28.2 Å². The van der Waals surface area contributed by atoms with Gasteiger partial charge in [0.05, 0.1) is 5.69 Å². The van der Waals surface area contributed by atoms with Crippen LogP contribution in [0.4, 0.5) is 15.6 Å². The zero-order chi connectivity index (χ0) is 17.3. The van der Waals surface area contributed by atoms with Crippen LogP contribution in [0.2, 0.25) is 0 Å². The van der Waals surface area contributed by atoms with Crippen molar-refractivity contribution in [3.8, 4) is 11.1 Å². The number of anilines is 2. The van der Waals surface area contributed by atoms with E-state index < -0.39 is 6.03 Å². The van der Waals surface area contributed by atoms with Crippen LogP contribution in [0.5, 0.6) is 0 Å². The number of urea groups is 1. The van der Waals surface area contributed by atoms with Gasteiger partial charge in [0, 0.05) is 29.3 Å². The van der Waals surface area contributed by atoms with E-state index in [4.69, 9.17) is 5.73 Å². The number of pyridine rings is 1. The number of nitrogens with one attached hydrogen (secondary N) is 1. The van der Waals surface area contributed by atoms with Crippen LogP contribution >= 0.6 is 11.3 Å². The molecule has 0 aliphatic heterocycles. The lowest BCUT2D eigenvalue weighted by atomic mass is 9.92. The van der Waals surface area contributed by atoms with E-state index in [-0.39, 0.29) is 5.41 Å². The highest BCUT2D eigenvalue weighted by atomic mass is 32.1. The van der Waals surface area contributed by atoms with Crippen LogP contribution in [-0.2, 0) is 5.41 Å². The average Bonchev–Trinajstić information content (AvgIpc) is 3.17. The molecule has 3 heterocycles.